The van der Waals surface area contributed by atoms with Crippen LogP contribution in [-0.2, 0) is 23.9 Å². The molecule has 6 nitrogen and oxygen atoms in total. The largest absolute Gasteiger partial charge is 0.468 e. The predicted octanol–water partition coefficient (Wildman–Crippen LogP) is 2.23. The number of Topliss-reactive ketones (excluding diaryl/α,β-unsaturated/α-hetero) is 1. The lowest BCUT2D eigenvalue weighted by atomic mass is 9.96. The van der Waals surface area contributed by atoms with E-state index in [0.29, 0.717) is 17.8 Å². The molecule has 0 amide bonds. The maximum absolute atomic E-state index is 13.0. The summed E-state index contributed by atoms with van der Waals surface area (Å²) < 4.78 is 10.8. The van der Waals surface area contributed by atoms with Gasteiger partial charge in [-0.2, -0.15) is 0 Å². The first-order chi connectivity index (χ1) is 11.9. The van der Waals surface area contributed by atoms with Gasteiger partial charge in [0, 0.05) is 0 Å². The molecule has 0 radical (unpaired) electrons. The maximum atomic E-state index is 13.0. The van der Waals surface area contributed by atoms with E-state index in [9.17, 15) is 14.4 Å². The average Bonchev–Trinajstić information content (AvgIpc) is 2.88. The molecule has 134 valence electrons. The van der Waals surface area contributed by atoms with Gasteiger partial charge in [-0.25, -0.2) is 4.79 Å². The summed E-state index contributed by atoms with van der Waals surface area (Å²) >= 11 is 2.74. The fourth-order valence-corrected chi connectivity index (χ4v) is 5.52. The van der Waals surface area contributed by atoms with Gasteiger partial charge in [0.15, 0.2) is 0 Å². The molecular formula is C17H19NO5S2. The predicted molar refractivity (Wildman–Crippen MR) is 96.6 cm³/mol. The Labute approximate surface area is 154 Å². The highest BCUT2D eigenvalue weighted by Crippen LogP contribution is 2.51. The fraction of sp³-hybridized carbons (Fsp3) is 0.471. The molecule has 0 aromatic carbocycles. The molecule has 0 aromatic heterocycles. The fourth-order valence-electron chi connectivity index (χ4n) is 3.33. The number of hydrogen-bond acceptors (Lipinski definition) is 8. The zero-order valence-corrected chi connectivity index (χ0v) is 16.1. The van der Waals surface area contributed by atoms with Crippen LogP contribution < -0.4 is 0 Å². The molecule has 0 spiro atoms. The Morgan fingerprint density at radius 2 is 2.16 bits per heavy atom. The van der Waals surface area contributed by atoms with E-state index in [4.69, 9.17) is 9.47 Å². The number of rotatable bonds is 4. The molecule has 0 fully saturated rings. The second-order valence-electron chi connectivity index (χ2n) is 5.84. The van der Waals surface area contributed by atoms with E-state index in [-0.39, 0.29) is 30.0 Å². The van der Waals surface area contributed by atoms with Crippen LogP contribution in [0.3, 0.4) is 0 Å². The number of ketones is 1. The third-order valence-electron chi connectivity index (χ3n) is 4.32. The third kappa shape index (κ3) is 2.81. The highest BCUT2D eigenvalue weighted by atomic mass is 32.2. The molecule has 0 saturated carbocycles. The Bertz CT molecular complexity index is 752. The van der Waals surface area contributed by atoms with Gasteiger partial charge in [0.2, 0.25) is 5.78 Å². The molecule has 3 aliphatic rings. The topological polar surface area (TPSA) is 72.9 Å². The minimum Gasteiger partial charge on any atom is -0.468 e. The summed E-state index contributed by atoms with van der Waals surface area (Å²) in [4.78, 5) is 39.5. The Balaban J connectivity index is 2.19. The molecule has 0 unspecified atom stereocenters. The number of nitrogens with zero attached hydrogens (tertiary/aromatic N) is 1. The van der Waals surface area contributed by atoms with Crippen LogP contribution in [0.5, 0.6) is 0 Å². The van der Waals surface area contributed by atoms with E-state index >= 15 is 0 Å². The van der Waals surface area contributed by atoms with Gasteiger partial charge in [-0.15, -0.1) is 11.8 Å². The van der Waals surface area contributed by atoms with Crippen molar-refractivity contribution < 1.29 is 23.9 Å². The number of carbonyl (C=O) groups is 3. The minimum atomic E-state index is -0.617. The first-order valence-electron chi connectivity index (χ1n) is 7.89. The molecular weight excluding hydrogens is 362 g/mol. The summed E-state index contributed by atoms with van der Waals surface area (Å²) in [5.74, 6) is -1.27. The molecule has 8 heteroatoms. The van der Waals surface area contributed by atoms with Crippen LogP contribution in [0.15, 0.2) is 32.9 Å². The van der Waals surface area contributed by atoms with Gasteiger partial charge in [-0.1, -0.05) is 17.3 Å². The summed E-state index contributed by atoms with van der Waals surface area (Å²) in [6.45, 7) is 3.84. The Hall–Kier alpha value is -1.67. The van der Waals surface area contributed by atoms with Crippen molar-refractivity contribution in [2.45, 2.75) is 31.6 Å². The molecule has 0 saturated heterocycles. The number of esters is 2. The van der Waals surface area contributed by atoms with Crippen molar-refractivity contribution in [3.8, 4) is 0 Å². The van der Waals surface area contributed by atoms with Crippen LogP contribution in [0.25, 0.3) is 0 Å². The van der Waals surface area contributed by atoms with Crippen molar-refractivity contribution in [1.29, 1.82) is 0 Å². The lowest BCUT2D eigenvalue weighted by Crippen LogP contribution is -2.48. The van der Waals surface area contributed by atoms with Gasteiger partial charge in [-0.3, -0.25) is 9.59 Å². The monoisotopic (exact) mass is 381 g/mol. The van der Waals surface area contributed by atoms with Gasteiger partial charge in [0.05, 0.1) is 29.7 Å². The Morgan fingerprint density at radius 1 is 1.44 bits per heavy atom. The molecule has 3 heterocycles. The maximum Gasteiger partial charge on any atom is 0.344 e. The Kier molecular flexibility index (Phi) is 5.02. The molecule has 0 N–H and O–H groups in total. The molecule has 0 bridgehead atoms. The summed E-state index contributed by atoms with van der Waals surface area (Å²) in [6, 6.07) is -0.251. The minimum absolute atomic E-state index is 0.0542. The smallest absolute Gasteiger partial charge is 0.344 e. The van der Waals surface area contributed by atoms with Crippen molar-refractivity contribution >= 4 is 41.2 Å². The van der Waals surface area contributed by atoms with E-state index in [1.54, 1.807) is 6.92 Å². The number of carbonyl (C=O) groups excluding carboxylic acids is 3. The number of hydrogen-bond donors (Lipinski definition) is 0. The van der Waals surface area contributed by atoms with Crippen LogP contribution in [0.1, 0.15) is 20.3 Å². The average molecular weight is 381 g/mol. The van der Waals surface area contributed by atoms with E-state index in [1.165, 1.54) is 30.6 Å². The summed E-state index contributed by atoms with van der Waals surface area (Å²) in [5.41, 5.74) is 2.07. The van der Waals surface area contributed by atoms with Crippen LogP contribution in [0.4, 0.5) is 0 Å². The highest BCUT2D eigenvalue weighted by Gasteiger charge is 2.51. The number of allylic oxidation sites excluding steroid dienone is 2. The van der Waals surface area contributed by atoms with Crippen molar-refractivity contribution in [2.75, 3.05) is 20.0 Å². The second kappa shape index (κ2) is 6.92. The first-order valence-corrected chi connectivity index (χ1v) is 10.00. The zero-order chi connectivity index (χ0) is 18.3. The molecule has 0 aliphatic carbocycles. The zero-order valence-electron chi connectivity index (χ0n) is 14.5. The molecule has 0 aromatic rings. The quantitative estimate of drug-likeness (QED) is 0.542. The van der Waals surface area contributed by atoms with Gasteiger partial charge >= 0.3 is 11.9 Å². The Morgan fingerprint density at radius 3 is 2.76 bits per heavy atom. The second-order valence-corrected chi connectivity index (χ2v) is 8.07. The lowest BCUT2D eigenvalue weighted by Gasteiger charge is -2.42. The molecule has 3 aliphatic heterocycles. The molecule has 25 heavy (non-hydrogen) atoms. The number of methoxy groups -OCH3 is 1. The summed E-state index contributed by atoms with van der Waals surface area (Å²) in [7, 11) is 1.36. The highest BCUT2D eigenvalue weighted by molar-refractivity contribution is 8.22. The SMILES string of the molecule is CCOC(=O)C1=C2C=C(C)C[C@H]3[C@@H](C(=O)OC)SC(SC)=C(C1=O)N23. The van der Waals surface area contributed by atoms with E-state index in [1.807, 2.05) is 24.2 Å². The standard InChI is InChI=1S/C17H19NO5S2/c1-5-23-15(20)11-9-6-8(2)7-10-14(16(21)22-3)25-17(24-4)12(13(11)19)18(9)10/h6,10,14H,5,7H2,1-4H3/t10-,14-/m0/s1. The van der Waals surface area contributed by atoms with Crippen LogP contribution in [0.2, 0.25) is 0 Å². The van der Waals surface area contributed by atoms with Crippen LogP contribution in [-0.4, -0.2) is 53.9 Å². The third-order valence-corrected chi connectivity index (χ3v) is 6.84. The van der Waals surface area contributed by atoms with Gasteiger partial charge in [0.25, 0.3) is 0 Å². The molecule has 2 atom stereocenters. The number of ether oxygens (including phenoxy) is 2. The summed E-state index contributed by atoms with van der Waals surface area (Å²) in [6.07, 6.45) is 4.32. The normalized spacial score (nSPS) is 25.0. The van der Waals surface area contributed by atoms with E-state index < -0.39 is 11.2 Å². The van der Waals surface area contributed by atoms with Gasteiger partial charge in [-0.05, 0) is 32.6 Å². The molecule has 3 rings (SSSR count). The van der Waals surface area contributed by atoms with Crippen LogP contribution in [0, 0.1) is 0 Å². The first kappa shape index (κ1) is 18.1. The van der Waals surface area contributed by atoms with E-state index in [0.717, 1.165) is 9.81 Å². The van der Waals surface area contributed by atoms with Gasteiger partial charge < -0.3 is 14.4 Å². The van der Waals surface area contributed by atoms with Gasteiger partial charge in [0.1, 0.15) is 16.5 Å². The van der Waals surface area contributed by atoms with Crippen molar-refractivity contribution in [2.24, 2.45) is 0 Å². The van der Waals surface area contributed by atoms with Crippen LogP contribution >= 0.6 is 23.5 Å². The summed E-state index contributed by atoms with van der Waals surface area (Å²) in [5, 5.41) is -0.454. The van der Waals surface area contributed by atoms with Crippen molar-refractivity contribution in [3.63, 3.8) is 0 Å². The number of thioether (sulfide) groups is 2. The van der Waals surface area contributed by atoms with Crippen molar-refractivity contribution in [1.82, 2.24) is 4.90 Å². The van der Waals surface area contributed by atoms with E-state index in [2.05, 4.69) is 0 Å². The van der Waals surface area contributed by atoms with Crippen molar-refractivity contribution in [3.05, 3.63) is 32.9 Å². The lowest BCUT2D eigenvalue weighted by molar-refractivity contribution is -0.141.